The van der Waals surface area contributed by atoms with Crippen molar-refractivity contribution in [2.45, 2.75) is 25.9 Å². The van der Waals surface area contributed by atoms with Crippen molar-refractivity contribution < 1.29 is 10.0 Å². The van der Waals surface area contributed by atoms with Crippen LogP contribution in [0.4, 0.5) is 0 Å². The van der Waals surface area contributed by atoms with Gasteiger partial charge in [-0.3, -0.25) is 4.90 Å². The van der Waals surface area contributed by atoms with Crippen molar-refractivity contribution in [3.63, 3.8) is 0 Å². The van der Waals surface area contributed by atoms with Gasteiger partial charge in [-0.2, -0.15) is 0 Å². The van der Waals surface area contributed by atoms with E-state index in [-0.39, 0.29) is 5.54 Å². The maximum absolute atomic E-state index is 9.04. The third-order valence-corrected chi connectivity index (χ3v) is 3.33. The molecule has 1 heterocycles. The summed E-state index contributed by atoms with van der Waals surface area (Å²) in [6, 6.07) is 7.47. The van der Waals surface area contributed by atoms with Crippen molar-refractivity contribution in [1.29, 1.82) is 0 Å². The Morgan fingerprint density at radius 3 is 2.50 bits per heavy atom. The number of hydrogen-bond donors (Lipinski definition) is 3. The number of benzene rings is 1. The van der Waals surface area contributed by atoms with E-state index in [0.717, 1.165) is 26.2 Å². The van der Waals surface area contributed by atoms with Gasteiger partial charge in [0.05, 0.1) is 0 Å². The second-order valence-electron chi connectivity index (χ2n) is 5.64. The Morgan fingerprint density at radius 1 is 1.28 bits per heavy atom. The van der Waals surface area contributed by atoms with Crippen LogP contribution in [0.2, 0.25) is 0 Å². The van der Waals surface area contributed by atoms with Gasteiger partial charge >= 0.3 is 7.12 Å². The molecule has 0 atom stereocenters. The minimum absolute atomic E-state index is 0.166. The summed E-state index contributed by atoms with van der Waals surface area (Å²) in [5.41, 5.74) is 1.91. The molecule has 18 heavy (non-hydrogen) atoms. The zero-order valence-corrected chi connectivity index (χ0v) is 11.1. The van der Waals surface area contributed by atoms with E-state index in [1.54, 1.807) is 12.1 Å². The van der Waals surface area contributed by atoms with Gasteiger partial charge in [-0.25, -0.2) is 0 Å². The first-order valence-corrected chi connectivity index (χ1v) is 6.39. The molecule has 3 N–H and O–H groups in total. The first-order chi connectivity index (χ1) is 8.46. The van der Waals surface area contributed by atoms with Crippen molar-refractivity contribution in [3.8, 4) is 0 Å². The fraction of sp³-hybridized carbons (Fsp3) is 0.538. The lowest BCUT2D eigenvalue weighted by Crippen LogP contribution is -2.56. The van der Waals surface area contributed by atoms with Crippen molar-refractivity contribution in [1.82, 2.24) is 10.2 Å². The molecule has 0 amide bonds. The van der Waals surface area contributed by atoms with E-state index in [0.29, 0.717) is 5.46 Å². The molecule has 98 valence electrons. The second-order valence-corrected chi connectivity index (χ2v) is 5.64. The lowest BCUT2D eigenvalue weighted by Gasteiger charge is -2.39. The van der Waals surface area contributed by atoms with Crippen LogP contribution in [0.5, 0.6) is 0 Å². The second kappa shape index (κ2) is 5.40. The summed E-state index contributed by atoms with van der Waals surface area (Å²) in [5, 5.41) is 21.6. The zero-order chi connectivity index (χ0) is 13.2. The maximum atomic E-state index is 9.04. The highest BCUT2D eigenvalue weighted by Crippen LogP contribution is 2.13. The van der Waals surface area contributed by atoms with Gasteiger partial charge in [-0.15, -0.1) is 0 Å². The third kappa shape index (κ3) is 3.56. The molecule has 0 unspecified atom stereocenters. The van der Waals surface area contributed by atoms with E-state index in [1.165, 1.54) is 5.56 Å². The predicted octanol–water partition coefficient (Wildman–Crippen LogP) is -0.450. The van der Waals surface area contributed by atoms with Gasteiger partial charge in [-0.1, -0.05) is 24.3 Å². The normalized spacial score (nSPS) is 19.8. The Balaban J connectivity index is 1.97. The van der Waals surface area contributed by atoms with Crippen molar-refractivity contribution in [3.05, 3.63) is 29.8 Å². The molecular formula is C13H21BN2O2. The summed E-state index contributed by atoms with van der Waals surface area (Å²) in [7, 11) is -1.38. The van der Waals surface area contributed by atoms with Crippen molar-refractivity contribution in [2.24, 2.45) is 0 Å². The average Bonchev–Trinajstić information content (AvgIpc) is 2.28. The molecule has 1 saturated heterocycles. The number of rotatable bonds is 3. The van der Waals surface area contributed by atoms with E-state index in [2.05, 4.69) is 24.1 Å². The highest BCUT2D eigenvalue weighted by Gasteiger charge is 2.25. The van der Waals surface area contributed by atoms with E-state index in [1.807, 2.05) is 12.1 Å². The Hall–Kier alpha value is -0.875. The van der Waals surface area contributed by atoms with Crippen molar-refractivity contribution in [2.75, 3.05) is 19.6 Å². The van der Waals surface area contributed by atoms with Gasteiger partial charge in [0.15, 0.2) is 0 Å². The fourth-order valence-corrected chi connectivity index (χ4v) is 2.43. The molecule has 1 fully saturated rings. The number of hydrogen-bond acceptors (Lipinski definition) is 4. The number of piperazine rings is 1. The Bertz CT molecular complexity index is 392. The molecule has 0 radical (unpaired) electrons. The molecule has 5 heteroatoms. The van der Waals surface area contributed by atoms with E-state index >= 15 is 0 Å². The van der Waals surface area contributed by atoms with Crippen LogP contribution < -0.4 is 10.8 Å². The Kier molecular flexibility index (Phi) is 4.07. The van der Waals surface area contributed by atoms with Gasteiger partial charge in [0.25, 0.3) is 0 Å². The summed E-state index contributed by atoms with van der Waals surface area (Å²) < 4.78 is 0. The van der Waals surface area contributed by atoms with Gasteiger partial charge in [0.1, 0.15) is 0 Å². The van der Waals surface area contributed by atoms with Crippen LogP contribution in [0.3, 0.4) is 0 Å². The van der Waals surface area contributed by atoms with Crippen LogP contribution in [-0.2, 0) is 6.54 Å². The minimum Gasteiger partial charge on any atom is -0.423 e. The van der Waals surface area contributed by atoms with Gasteiger partial charge < -0.3 is 15.4 Å². The van der Waals surface area contributed by atoms with Crippen LogP contribution in [0.15, 0.2) is 24.3 Å². The number of nitrogens with one attached hydrogen (secondary N) is 1. The molecule has 1 aliphatic heterocycles. The molecule has 0 spiro atoms. The fourth-order valence-electron chi connectivity index (χ4n) is 2.43. The quantitative estimate of drug-likeness (QED) is 0.634. The first kappa shape index (κ1) is 13.6. The minimum atomic E-state index is -1.38. The van der Waals surface area contributed by atoms with Crippen molar-refractivity contribution >= 4 is 12.6 Å². The Labute approximate surface area is 109 Å². The van der Waals surface area contributed by atoms with Crippen LogP contribution in [0, 0.1) is 0 Å². The molecule has 4 nitrogen and oxygen atoms in total. The molecule has 1 aromatic rings. The van der Waals surface area contributed by atoms with Gasteiger partial charge in [-0.05, 0) is 24.9 Å². The molecule has 0 aromatic heterocycles. The molecule has 0 aliphatic carbocycles. The smallest absolute Gasteiger partial charge is 0.423 e. The molecule has 1 aromatic carbocycles. The van der Waals surface area contributed by atoms with Crippen LogP contribution in [0.1, 0.15) is 19.4 Å². The third-order valence-electron chi connectivity index (χ3n) is 3.33. The Morgan fingerprint density at radius 2 is 1.94 bits per heavy atom. The topological polar surface area (TPSA) is 55.7 Å². The molecule has 0 saturated carbocycles. The largest absolute Gasteiger partial charge is 0.488 e. The standard InChI is InChI=1S/C13H21BN2O2/c1-13(2)10-16(8-7-15-13)9-11-3-5-12(6-4-11)14(17)18/h3-6,15,17-18H,7-10H2,1-2H3. The average molecular weight is 248 g/mol. The molecular weight excluding hydrogens is 227 g/mol. The predicted molar refractivity (Wildman–Crippen MR) is 73.6 cm³/mol. The molecule has 2 rings (SSSR count). The summed E-state index contributed by atoms with van der Waals surface area (Å²) >= 11 is 0. The van der Waals surface area contributed by atoms with E-state index in [4.69, 9.17) is 10.0 Å². The van der Waals surface area contributed by atoms with E-state index in [9.17, 15) is 0 Å². The highest BCUT2D eigenvalue weighted by molar-refractivity contribution is 6.58. The maximum Gasteiger partial charge on any atom is 0.488 e. The van der Waals surface area contributed by atoms with Crippen LogP contribution in [0.25, 0.3) is 0 Å². The SMILES string of the molecule is CC1(C)CN(Cc2ccc(B(O)O)cc2)CCN1. The van der Waals surface area contributed by atoms with E-state index < -0.39 is 7.12 Å². The highest BCUT2D eigenvalue weighted by atomic mass is 16.4. The summed E-state index contributed by atoms with van der Waals surface area (Å²) in [6.07, 6.45) is 0. The summed E-state index contributed by atoms with van der Waals surface area (Å²) in [5.74, 6) is 0. The lowest BCUT2D eigenvalue weighted by atomic mass is 9.80. The number of nitrogens with zero attached hydrogens (tertiary/aromatic N) is 1. The van der Waals surface area contributed by atoms with Crippen LogP contribution in [-0.4, -0.2) is 47.2 Å². The lowest BCUT2D eigenvalue weighted by molar-refractivity contribution is 0.148. The van der Waals surface area contributed by atoms with Crippen LogP contribution >= 0.6 is 0 Å². The van der Waals surface area contributed by atoms with Gasteiger partial charge in [0.2, 0.25) is 0 Å². The zero-order valence-electron chi connectivity index (χ0n) is 11.1. The monoisotopic (exact) mass is 248 g/mol. The van der Waals surface area contributed by atoms with Gasteiger partial charge in [0, 0.05) is 31.7 Å². The molecule has 0 bridgehead atoms. The first-order valence-electron chi connectivity index (χ1n) is 6.39. The molecule has 1 aliphatic rings. The summed E-state index contributed by atoms with van der Waals surface area (Å²) in [4.78, 5) is 2.42. The summed E-state index contributed by atoms with van der Waals surface area (Å²) in [6.45, 7) is 8.42.